The van der Waals surface area contributed by atoms with Crippen molar-refractivity contribution < 1.29 is 17.9 Å². The third-order valence-corrected chi connectivity index (χ3v) is 1.69. The van der Waals surface area contributed by atoms with E-state index in [9.17, 15) is 13.2 Å². The smallest absolute Gasteiger partial charge is 0.434 e. The monoisotopic (exact) mass is 181 g/mol. The molecule has 0 bridgehead atoms. The Labute approximate surface area is 68.4 Å². The fraction of sp³-hybridized carbons (Fsp3) is 0.714. The van der Waals surface area contributed by atoms with E-state index in [1.54, 1.807) is 0 Å². The molecule has 0 fully saturated rings. The minimum Gasteiger partial charge on any atom is -0.499 e. The number of rotatable bonds is 1. The van der Waals surface area contributed by atoms with Crippen LogP contribution < -0.4 is 5.32 Å². The van der Waals surface area contributed by atoms with Gasteiger partial charge in [-0.15, -0.1) is 0 Å². The first kappa shape index (κ1) is 9.22. The molecule has 1 N–H and O–H groups in total. The first-order valence-electron chi connectivity index (χ1n) is 3.64. The van der Waals surface area contributed by atoms with E-state index in [-0.39, 0.29) is 5.76 Å². The standard InChI is InChI=1S/C7H10F3NO/c1-12-5-3-2-4-11-6(5)7(8,9)10/h11H,2-4H2,1H3. The molecule has 0 amide bonds. The highest BCUT2D eigenvalue weighted by Gasteiger charge is 2.38. The molecule has 1 heterocycles. The molecule has 12 heavy (non-hydrogen) atoms. The molecule has 5 heteroatoms. The lowest BCUT2D eigenvalue weighted by molar-refractivity contribution is -0.102. The van der Waals surface area contributed by atoms with Crippen molar-refractivity contribution in [2.75, 3.05) is 13.7 Å². The molecule has 0 aromatic rings. The molecule has 1 rings (SSSR count). The van der Waals surface area contributed by atoms with Crippen LogP contribution in [0.3, 0.4) is 0 Å². The molecule has 1 aliphatic heterocycles. The van der Waals surface area contributed by atoms with Gasteiger partial charge in [0.25, 0.3) is 0 Å². The van der Waals surface area contributed by atoms with Crippen molar-refractivity contribution in [3.8, 4) is 0 Å². The molecule has 1 aliphatic rings. The zero-order valence-corrected chi connectivity index (χ0v) is 6.66. The SMILES string of the molecule is COC1=C(C(F)(F)F)NCCC1. The molecule has 0 saturated heterocycles. The van der Waals surface area contributed by atoms with Gasteiger partial charge in [0.05, 0.1) is 7.11 Å². The second-order valence-electron chi connectivity index (χ2n) is 2.53. The summed E-state index contributed by atoms with van der Waals surface area (Å²) in [6.07, 6.45) is -3.27. The lowest BCUT2D eigenvalue weighted by Crippen LogP contribution is -2.32. The van der Waals surface area contributed by atoms with E-state index in [0.29, 0.717) is 19.4 Å². The summed E-state index contributed by atoms with van der Waals surface area (Å²) in [6, 6.07) is 0. The van der Waals surface area contributed by atoms with Gasteiger partial charge in [-0.05, 0) is 6.42 Å². The highest BCUT2D eigenvalue weighted by atomic mass is 19.4. The molecule has 2 nitrogen and oxygen atoms in total. The number of nitrogens with one attached hydrogen (secondary N) is 1. The maximum Gasteiger partial charge on any atom is 0.434 e. The molecule has 0 aromatic carbocycles. The van der Waals surface area contributed by atoms with Crippen molar-refractivity contribution in [1.29, 1.82) is 0 Å². The molecule has 0 spiro atoms. The van der Waals surface area contributed by atoms with E-state index in [4.69, 9.17) is 0 Å². The van der Waals surface area contributed by atoms with E-state index in [1.165, 1.54) is 7.11 Å². The Morgan fingerprint density at radius 1 is 1.42 bits per heavy atom. The summed E-state index contributed by atoms with van der Waals surface area (Å²) >= 11 is 0. The average Bonchev–Trinajstić information content (AvgIpc) is 2.03. The van der Waals surface area contributed by atoms with Gasteiger partial charge in [-0.1, -0.05) is 0 Å². The summed E-state index contributed by atoms with van der Waals surface area (Å²) in [4.78, 5) is 0. The van der Waals surface area contributed by atoms with Gasteiger partial charge in [-0.25, -0.2) is 0 Å². The molecule has 0 unspecified atom stereocenters. The van der Waals surface area contributed by atoms with Crippen LogP contribution in [0.15, 0.2) is 11.5 Å². The summed E-state index contributed by atoms with van der Waals surface area (Å²) in [5.74, 6) is 0.00810. The van der Waals surface area contributed by atoms with Gasteiger partial charge in [0.15, 0.2) is 5.70 Å². The van der Waals surface area contributed by atoms with Crippen LogP contribution in [-0.4, -0.2) is 19.8 Å². The predicted octanol–water partition coefficient (Wildman–Crippen LogP) is 1.79. The molecule has 0 aromatic heterocycles. The van der Waals surface area contributed by atoms with Gasteiger partial charge in [-0.2, -0.15) is 13.2 Å². The van der Waals surface area contributed by atoms with Crippen LogP contribution in [0.2, 0.25) is 0 Å². The number of ether oxygens (including phenoxy) is 1. The molecule has 0 aliphatic carbocycles. The Morgan fingerprint density at radius 3 is 2.50 bits per heavy atom. The predicted molar refractivity (Wildman–Crippen MR) is 37.3 cm³/mol. The highest BCUT2D eigenvalue weighted by molar-refractivity contribution is 5.14. The summed E-state index contributed by atoms with van der Waals surface area (Å²) in [6.45, 7) is 0.363. The quantitative estimate of drug-likeness (QED) is 0.665. The maximum atomic E-state index is 12.2. The number of hydrogen-bond donors (Lipinski definition) is 1. The third kappa shape index (κ3) is 1.84. The Balaban J connectivity index is 2.87. The molecule has 70 valence electrons. The molecular weight excluding hydrogens is 171 g/mol. The third-order valence-electron chi connectivity index (χ3n) is 1.69. The van der Waals surface area contributed by atoms with Gasteiger partial charge in [0, 0.05) is 13.0 Å². The number of halogens is 3. The van der Waals surface area contributed by atoms with E-state index in [0.717, 1.165) is 0 Å². The minimum atomic E-state index is -4.31. The van der Waals surface area contributed by atoms with Crippen molar-refractivity contribution in [3.05, 3.63) is 11.5 Å². The number of allylic oxidation sites excluding steroid dienone is 2. The summed E-state index contributed by atoms with van der Waals surface area (Å²) in [5.41, 5.74) is -0.726. The minimum absolute atomic E-state index is 0.00810. The fourth-order valence-corrected chi connectivity index (χ4v) is 1.15. The van der Waals surface area contributed by atoms with Crippen LogP contribution in [0.25, 0.3) is 0 Å². The van der Waals surface area contributed by atoms with E-state index in [1.807, 2.05) is 0 Å². The van der Waals surface area contributed by atoms with Crippen LogP contribution in [-0.2, 0) is 4.74 Å². The summed E-state index contributed by atoms with van der Waals surface area (Å²) < 4.78 is 41.2. The van der Waals surface area contributed by atoms with Gasteiger partial charge in [-0.3, -0.25) is 0 Å². The second kappa shape index (κ2) is 3.25. The van der Waals surface area contributed by atoms with Gasteiger partial charge in [0.2, 0.25) is 0 Å². The van der Waals surface area contributed by atoms with Crippen LogP contribution >= 0.6 is 0 Å². The van der Waals surface area contributed by atoms with E-state index < -0.39 is 11.9 Å². The van der Waals surface area contributed by atoms with Gasteiger partial charge in [0.1, 0.15) is 5.76 Å². The Bertz CT molecular complexity index is 197. The van der Waals surface area contributed by atoms with Crippen LogP contribution in [0.1, 0.15) is 12.8 Å². The van der Waals surface area contributed by atoms with Crippen molar-refractivity contribution in [2.45, 2.75) is 19.0 Å². The average molecular weight is 181 g/mol. The molecule has 0 atom stereocenters. The largest absolute Gasteiger partial charge is 0.499 e. The second-order valence-corrected chi connectivity index (χ2v) is 2.53. The van der Waals surface area contributed by atoms with E-state index in [2.05, 4.69) is 10.1 Å². The first-order chi connectivity index (χ1) is 5.55. The zero-order chi connectivity index (χ0) is 9.19. The maximum absolute atomic E-state index is 12.2. The van der Waals surface area contributed by atoms with Crippen molar-refractivity contribution in [3.63, 3.8) is 0 Å². The van der Waals surface area contributed by atoms with Crippen LogP contribution in [0.5, 0.6) is 0 Å². The molecular formula is C7H10F3NO. The zero-order valence-electron chi connectivity index (χ0n) is 6.66. The van der Waals surface area contributed by atoms with Gasteiger partial charge < -0.3 is 10.1 Å². The van der Waals surface area contributed by atoms with Crippen molar-refractivity contribution in [1.82, 2.24) is 5.32 Å². The topological polar surface area (TPSA) is 21.3 Å². The molecule has 0 radical (unpaired) electrons. The van der Waals surface area contributed by atoms with Crippen molar-refractivity contribution in [2.24, 2.45) is 0 Å². The Kier molecular flexibility index (Phi) is 2.49. The fourth-order valence-electron chi connectivity index (χ4n) is 1.15. The summed E-state index contributed by atoms with van der Waals surface area (Å²) in [7, 11) is 1.26. The Morgan fingerprint density at radius 2 is 2.08 bits per heavy atom. The molecule has 0 saturated carbocycles. The van der Waals surface area contributed by atoms with Gasteiger partial charge >= 0.3 is 6.18 Å². The number of methoxy groups -OCH3 is 1. The summed E-state index contributed by atoms with van der Waals surface area (Å²) in [5, 5.41) is 2.29. The Hall–Kier alpha value is -0.870. The van der Waals surface area contributed by atoms with Crippen LogP contribution in [0, 0.1) is 0 Å². The lowest BCUT2D eigenvalue weighted by atomic mass is 10.1. The number of alkyl halides is 3. The lowest BCUT2D eigenvalue weighted by Gasteiger charge is -2.22. The van der Waals surface area contributed by atoms with E-state index >= 15 is 0 Å². The first-order valence-corrected chi connectivity index (χ1v) is 3.64. The normalized spacial score (nSPS) is 19.0. The highest BCUT2D eigenvalue weighted by Crippen LogP contribution is 2.30. The van der Waals surface area contributed by atoms with Crippen molar-refractivity contribution >= 4 is 0 Å². The van der Waals surface area contributed by atoms with Crippen LogP contribution in [0.4, 0.5) is 13.2 Å². The number of hydrogen-bond acceptors (Lipinski definition) is 2.